The van der Waals surface area contributed by atoms with Crippen molar-refractivity contribution < 1.29 is 14.3 Å². The molecule has 2 aromatic carbocycles. The topological polar surface area (TPSA) is 47.6 Å². The number of benzene rings is 2. The minimum absolute atomic E-state index is 0.516. The van der Waals surface area contributed by atoms with Gasteiger partial charge in [-0.1, -0.05) is 30.3 Å². The van der Waals surface area contributed by atoms with E-state index in [1.54, 1.807) is 13.2 Å². The fourth-order valence-electron chi connectivity index (χ4n) is 1.70. The first-order chi connectivity index (χ1) is 9.24. The van der Waals surface area contributed by atoms with E-state index in [0.29, 0.717) is 5.69 Å². The van der Waals surface area contributed by atoms with Crippen molar-refractivity contribution in [1.29, 1.82) is 0 Å². The number of ether oxygens (including phenoxy) is 2. The van der Waals surface area contributed by atoms with E-state index in [1.807, 2.05) is 36.4 Å². The third-order valence-electron chi connectivity index (χ3n) is 2.67. The van der Waals surface area contributed by atoms with Crippen LogP contribution in [-0.2, 0) is 4.74 Å². The third-order valence-corrected chi connectivity index (χ3v) is 2.67. The lowest BCUT2D eigenvalue weighted by atomic mass is 10.0. The summed E-state index contributed by atoms with van der Waals surface area (Å²) < 4.78 is 9.71. The monoisotopic (exact) mass is 256 g/mol. The Morgan fingerprint density at radius 1 is 1.16 bits per heavy atom. The number of hydrogen-bond acceptors (Lipinski definition) is 3. The molecular formula is C15H14NO3. The molecular weight excluding hydrogens is 242 g/mol. The van der Waals surface area contributed by atoms with Crippen LogP contribution < -0.4 is 10.1 Å². The van der Waals surface area contributed by atoms with Crippen LogP contribution in [0.4, 0.5) is 10.5 Å². The first-order valence-corrected chi connectivity index (χ1v) is 5.74. The Hall–Kier alpha value is -2.49. The van der Waals surface area contributed by atoms with E-state index in [9.17, 15) is 4.79 Å². The van der Waals surface area contributed by atoms with Gasteiger partial charge in [0.15, 0.2) is 0 Å². The van der Waals surface area contributed by atoms with Gasteiger partial charge in [0.1, 0.15) is 5.75 Å². The maximum atomic E-state index is 11.3. The summed E-state index contributed by atoms with van der Waals surface area (Å²) in [5.74, 6) is 0.783. The Balaban J connectivity index is 2.35. The van der Waals surface area contributed by atoms with Crippen molar-refractivity contribution in [2.24, 2.45) is 0 Å². The Bertz CT molecular complexity index is 564. The zero-order valence-electron chi connectivity index (χ0n) is 10.8. The lowest BCUT2D eigenvalue weighted by Crippen LogP contribution is -2.11. The van der Waals surface area contributed by atoms with Gasteiger partial charge in [-0.15, -0.1) is 0 Å². The highest BCUT2D eigenvalue weighted by atomic mass is 16.5. The summed E-state index contributed by atoms with van der Waals surface area (Å²) >= 11 is 0. The van der Waals surface area contributed by atoms with Crippen LogP contribution in [0.5, 0.6) is 5.75 Å². The predicted molar refractivity (Wildman–Crippen MR) is 73.3 cm³/mol. The number of nitrogens with one attached hydrogen (secondary N) is 1. The summed E-state index contributed by atoms with van der Waals surface area (Å²) in [6.07, 6.45) is -0.516. The molecule has 0 heterocycles. The minimum Gasteiger partial charge on any atom is -0.497 e. The van der Waals surface area contributed by atoms with Gasteiger partial charge in [0, 0.05) is 11.6 Å². The van der Waals surface area contributed by atoms with Gasteiger partial charge in [-0.3, -0.25) is 5.32 Å². The average molecular weight is 256 g/mol. The summed E-state index contributed by atoms with van der Waals surface area (Å²) in [4.78, 5) is 11.3. The molecule has 0 fully saturated rings. The van der Waals surface area contributed by atoms with Gasteiger partial charge in [0.05, 0.1) is 19.9 Å². The van der Waals surface area contributed by atoms with E-state index in [0.717, 1.165) is 16.9 Å². The summed E-state index contributed by atoms with van der Waals surface area (Å²) in [5.41, 5.74) is 2.42. The fraction of sp³-hybridized carbons (Fsp3) is 0.133. The van der Waals surface area contributed by atoms with Gasteiger partial charge in [-0.25, -0.2) is 4.79 Å². The number of carbonyl (C=O) groups is 1. The number of carbonyl (C=O) groups excluding carboxylic acids is 1. The molecule has 0 aliphatic rings. The second-order valence-corrected chi connectivity index (χ2v) is 3.80. The van der Waals surface area contributed by atoms with Crippen LogP contribution in [0.25, 0.3) is 11.1 Å². The summed E-state index contributed by atoms with van der Waals surface area (Å²) in [7, 11) is 2.95. The minimum atomic E-state index is -0.516. The highest BCUT2D eigenvalue weighted by molar-refractivity contribution is 5.91. The molecule has 0 saturated heterocycles. The van der Waals surface area contributed by atoms with E-state index in [4.69, 9.17) is 4.74 Å². The van der Waals surface area contributed by atoms with Crippen LogP contribution in [-0.4, -0.2) is 20.3 Å². The molecule has 2 aromatic rings. The van der Waals surface area contributed by atoms with Crippen molar-refractivity contribution in [2.45, 2.75) is 0 Å². The molecule has 1 radical (unpaired) electrons. The largest absolute Gasteiger partial charge is 0.497 e. The second-order valence-electron chi connectivity index (χ2n) is 3.80. The van der Waals surface area contributed by atoms with Crippen LogP contribution >= 0.6 is 0 Å². The summed E-state index contributed by atoms with van der Waals surface area (Å²) in [5, 5.41) is 2.64. The first-order valence-electron chi connectivity index (χ1n) is 5.74. The molecule has 0 aliphatic heterocycles. The molecule has 4 nitrogen and oxygen atoms in total. The molecule has 0 spiro atoms. The van der Waals surface area contributed by atoms with Crippen LogP contribution in [0.2, 0.25) is 0 Å². The summed E-state index contributed by atoms with van der Waals surface area (Å²) in [6, 6.07) is 16.1. The Morgan fingerprint density at radius 3 is 2.53 bits per heavy atom. The van der Waals surface area contributed by atoms with Crippen molar-refractivity contribution in [3.8, 4) is 16.9 Å². The highest BCUT2D eigenvalue weighted by Gasteiger charge is 2.08. The summed E-state index contributed by atoms with van der Waals surface area (Å²) in [6.45, 7) is 0. The molecule has 0 aliphatic carbocycles. The van der Waals surface area contributed by atoms with E-state index in [1.165, 1.54) is 7.11 Å². The lowest BCUT2D eigenvalue weighted by Gasteiger charge is -2.10. The van der Waals surface area contributed by atoms with Crippen molar-refractivity contribution in [2.75, 3.05) is 19.5 Å². The molecule has 19 heavy (non-hydrogen) atoms. The normalized spacial score (nSPS) is 9.79. The molecule has 0 unspecified atom stereocenters. The maximum Gasteiger partial charge on any atom is 0.411 e. The number of para-hydroxylation sites is 1. The maximum absolute atomic E-state index is 11.3. The molecule has 1 N–H and O–H groups in total. The SMILES string of the molecule is COC(=O)Nc1[c]cccc1-c1ccc(OC)cc1. The fourth-order valence-corrected chi connectivity index (χ4v) is 1.70. The van der Waals surface area contributed by atoms with Crippen LogP contribution in [0.15, 0.2) is 42.5 Å². The average Bonchev–Trinajstić information content (AvgIpc) is 2.48. The Labute approximate surface area is 112 Å². The van der Waals surface area contributed by atoms with Gasteiger partial charge in [-0.05, 0) is 17.7 Å². The van der Waals surface area contributed by atoms with Gasteiger partial charge in [0.2, 0.25) is 0 Å². The zero-order chi connectivity index (χ0) is 13.7. The number of amides is 1. The second kappa shape index (κ2) is 5.91. The molecule has 97 valence electrons. The lowest BCUT2D eigenvalue weighted by molar-refractivity contribution is 0.187. The van der Waals surface area contributed by atoms with Gasteiger partial charge >= 0.3 is 6.09 Å². The van der Waals surface area contributed by atoms with Crippen molar-refractivity contribution in [3.05, 3.63) is 48.5 Å². The van der Waals surface area contributed by atoms with Crippen LogP contribution in [0, 0.1) is 6.07 Å². The smallest absolute Gasteiger partial charge is 0.411 e. The third kappa shape index (κ3) is 3.04. The Morgan fingerprint density at radius 2 is 1.89 bits per heavy atom. The van der Waals surface area contributed by atoms with Crippen LogP contribution in [0.3, 0.4) is 0 Å². The molecule has 0 saturated carbocycles. The standard InChI is InChI=1S/C15H14NO3/c1-18-12-9-7-11(8-10-12)13-5-3-4-6-14(13)16-15(17)19-2/h3-5,7-10H,1-2H3,(H,16,17). The Kier molecular flexibility index (Phi) is 4.03. The molecule has 4 heteroatoms. The number of anilines is 1. The first kappa shape index (κ1) is 13.0. The molecule has 0 atom stereocenters. The molecule has 1 amide bonds. The van der Waals surface area contributed by atoms with Gasteiger partial charge in [0.25, 0.3) is 0 Å². The van der Waals surface area contributed by atoms with Crippen molar-refractivity contribution in [3.63, 3.8) is 0 Å². The number of hydrogen-bond donors (Lipinski definition) is 1. The predicted octanol–water partition coefficient (Wildman–Crippen LogP) is 3.34. The quantitative estimate of drug-likeness (QED) is 0.916. The van der Waals surface area contributed by atoms with E-state index < -0.39 is 6.09 Å². The van der Waals surface area contributed by atoms with E-state index in [2.05, 4.69) is 16.1 Å². The highest BCUT2D eigenvalue weighted by Crippen LogP contribution is 2.28. The number of rotatable bonds is 3. The van der Waals surface area contributed by atoms with Crippen LogP contribution in [0.1, 0.15) is 0 Å². The van der Waals surface area contributed by atoms with Crippen molar-refractivity contribution >= 4 is 11.8 Å². The molecule has 0 bridgehead atoms. The molecule has 2 rings (SSSR count). The van der Waals surface area contributed by atoms with Gasteiger partial charge in [-0.2, -0.15) is 0 Å². The zero-order valence-corrected chi connectivity index (χ0v) is 10.8. The van der Waals surface area contributed by atoms with Crippen molar-refractivity contribution in [1.82, 2.24) is 0 Å². The molecule has 0 aromatic heterocycles. The number of methoxy groups -OCH3 is 2. The van der Waals surface area contributed by atoms with Gasteiger partial charge < -0.3 is 9.47 Å². The van der Waals surface area contributed by atoms with E-state index in [-0.39, 0.29) is 0 Å². The van der Waals surface area contributed by atoms with E-state index >= 15 is 0 Å².